The Bertz CT molecular complexity index is 293. The zero-order valence-corrected chi connectivity index (χ0v) is 10.8. The number of hydrogen-bond acceptors (Lipinski definition) is 2. The Morgan fingerprint density at radius 3 is 2.75 bits per heavy atom. The van der Waals surface area contributed by atoms with E-state index in [1.165, 1.54) is 12.1 Å². The van der Waals surface area contributed by atoms with Crippen LogP contribution in [-0.2, 0) is 6.42 Å². The van der Waals surface area contributed by atoms with E-state index in [0.717, 1.165) is 25.7 Å². The first kappa shape index (κ1) is 13.2. The second kappa shape index (κ2) is 6.69. The van der Waals surface area contributed by atoms with E-state index in [2.05, 4.69) is 42.8 Å². The van der Waals surface area contributed by atoms with E-state index >= 15 is 0 Å². The molecule has 1 rings (SSSR count). The molecule has 92 valence electrons. The molecule has 0 aliphatic rings. The van der Waals surface area contributed by atoms with E-state index in [0.29, 0.717) is 12.1 Å². The second-order valence-electron chi connectivity index (χ2n) is 4.63. The largest absolute Gasteiger partial charge is 0.328 e. The molecule has 0 aliphatic heterocycles. The number of nitrogens with zero attached hydrogens (tertiary/aromatic N) is 2. The third-order valence-electron chi connectivity index (χ3n) is 3.14. The van der Waals surface area contributed by atoms with Gasteiger partial charge >= 0.3 is 0 Å². The van der Waals surface area contributed by atoms with Crippen LogP contribution in [0.3, 0.4) is 0 Å². The molecule has 1 aromatic heterocycles. The molecule has 0 spiro atoms. The van der Waals surface area contributed by atoms with Crippen molar-refractivity contribution in [3.63, 3.8) is 0 Å². The zero-order chi connectivity index (χ0) is 12.0. The molecule has 16 heavy (non-hydrogen) atoms. The fourth-order valence-electron chi connectivity index (χ4n) is 1.79. The van der Waals surface area contributed by atoms with Gasteiger partial charge in [-0.05, 0) is 38.7 Å². The van der Waals surface area contributed by atoms with Crippen LogP contribution in [0, 0.1) is 0 Å². The minimum atomic E-state index is 0.332. The monoisotopic (exact) mass is 223 g/mol. The van der Waals surface area contributed by atoms with Crippen molar-refractivity contribution in [1.82, 2.24) is 9.78 Å². The summed E-state index contributed by atoms with van der Waals surface area (Å²) in [4.78, 5) is 0. The smallest absolute Gasteiger partial charge is 0.0625 e. The summed E-state index contributed by atoms with van der Waals surface area (Å²) in [5.41, 5.74) is 7.16. The molecule has 0 bridgehead atoms. The lowest BCUT2D eigenvalue weighted by Gasteiger charge is -2.09. The van der Waals surface area contributed by atoms with Gasteiger partial charge in [0.2, 0.25) is 0 Å². The van der Waals surface area contributed by atoms with Crippen LogP contribution in [-0.4, -0.2) is 15.8 Å². The molecule has 1 aromatic rings. The van der Waals surface area contributed by atoms with Crippen molar-refractivity contribution < 1.29 is 0 Å². The standard InChI is InChI=1S/C13H25N3/c1-4-6-12(14)7-8-13-9-10-16(15-13)11(3)5-2/h9-12H,4-8,14H2,1-3H3. The van der Waals surface area contributed by atoms with Gasteiger partial charge in [0.25, 0.3) is 0 Å². The molecule has 1 heterocycles. The molecule has 0 fully saturated rings. The molecule has 0 aliphatic carbocycles. The second-order valence-corrected chi connectivity index (χ2v) is 4.63. The number of hydrogen-bond donors (Lipinski definition) is 1. The number of nitrogens with two attached hydrogens (primary N) is 1. The maximum atomic E-state index is 5.99. The molecular formula is C13H25N3. The van der Waals surface area contributed by atoms with Crippen LogP contribution >= 0.6 is 0 Å². The lowest BCUT2D eigenvalue weighted by molar-refractivity contribution is 0.470. The van der Waals surface area contributed by atoms with Crippen LogP contribution in [0.15, 0.2) is 12.3 Å². The van der Waals surface area contributed by atoms with Gasteiger partial charge < -0.3 is 5.73 Å². The fraction of sp³-hybridized carbons (Fsp3) is 0.769. The average Bonchev–Trinajstić information content (AvgIpc) is 2.74. The van der Waals surface area contributed by atoms with E-state index in [9.17, 15) is 0 Å². The summed E-state index contributed by atoms with van der Waals surface area (Å²) < 4.78 is 2.06. The topological polar surface area (TPSA) is 43.8 Å². The summed E-state index contributed by atoms with van der Waals surface area (Å²) >= 11 is 0. The van der Waals surface area contributed by atoms with Crippen LogP contribution in [0.2, 0.25) is 0 Å². The first-order chi connectivity index (χ1) is 7.67. The first-order valence-electron chi connectivity index (χ1n) is 6.47. The third kappa shape index (κ3) is 3.97. The van der Waals surface area contributed by atoms with E-state index in [1.54, 1.807) is 0 Å². The normalized spacial score (nSPS) is 15.0. The third-order valence-corrected chi connectivity index (χ3v) is 3.14. The van der Waals surface area contributed by atoms with Crippen LogP contribution in [0.25, 0.3) is 0 Å². The number of aromatic nitrogens is 2. The quantitative estimate of drug-likeness (QED) is 0.772. The van der Waals surface area contributed by atoms with Gasteiger partial charge in [-0.3, -0.25) is 4.68 Å². The summed E-state index contributed by atoms with van der Waals surface area (Å²) in [5, 5.41) is 4.57. The summed E-state index contributed by atoms with van der Waals surface area (Å²) in [5.74, 6) is 0. The fourth-order valence-corrected chi connectivity index (χ4v) is 1.79. The molecule has 0 radical (unpaired) electrons. The predicted octanol–water partition coefficient (Wildman–Crippen LogP) is 2.91. The Morgan fingerprint density at radius 2 is 2.12 bits per heavy atom. The molecular weight excluding hydrogens is 198 g/mol. The van der Waals surface area contributed by atoms with E-state index in [4.69, 9.17) is 5.73 Å². The van der Waals surface area contributed by atoms with Crippen molar-refractivity contribution in [1.29, 1.82) is 0 Å². The van der Waals surface area contributed by atoms with E-state index < -0.39 is 0 Å². The van der Waals surface area contributed by atoms with Gasteiger partial charge in [-0.15, -0.1) is 0 Å². The number of aryl methyl sites for hydroxylation is 1. The van der Waals surface area contributed by atoms with Gasteiger partial charge in [0.1, 0.15) is 0 Å². The molecule has 0 saturated carbocycles. The molecule has 0 amide bonds. The first-order valence-corrected chi connectivity index (χ1v) is 6.47. The lowest BCUT2D eigenvalue weighted by atomic mass is 10.1. The van der Waals surface area contributed by atoms with Gasteiger partial charge in [-0.25, -0.2) is 0 Å². The molecule has 2 N–H and O–H groups in total. The van der Waals surface area contributed by atoms with Gasteiger partial charge in [-0.1, -0.05) is 20.3 Å². The Morgan fingerprint density at radius 1 is 1.38 bits per heavy atom. The molecule has 2 atom stereocenters. The highest BCUT2D eigenvalue weighted by Crippen LogP contribution is 2.11. The highest BCUT2D eigenvalue weighted by atomic mass is 15.3. The SMILES string of the molecule is CCCC(N)CCc1ccn(C(C)CC)n1. The zero-order valence-electron chi connectivity index (χ0n) is 10.8. The van der Waals surface area contributed by atoms with Crippen molar-refractivity contribution in [3.8, 4) is 0 Å². The molecule has 0 aromatic carbocycles. The van der Waals surface area contributed by atoms with E-state index in [-0.39, 0.29) is 0 Å². The Kier molecular flexibility index (Phi) is 5.53. The lowest BCUT2D eigenvalue weighted by Crippen LogP contribution is -2.20. The van der Waals surface area contributed by atoms with Crippen LogP contribution < -0.4 is 5.73 Å². The summed E-state index contributed by atoms with van der Waals surface area (Å²) in [7, 11) is 0. The highest BCUT2D eigenvalue weighted by molar-refractivity contribution is 5.00. The highest BCUT2D eigenvalue weighted by Gasteiger charge is 2.06. The summed E-state index contributed by atoms with van der Waals surface area (Å²) in [6.07, 6.45) is 7.54. The minimum absolute atomic E-state index is 0.332. The summed E-state index contributed by atoms with van der Waals surface area (Å²) in [6.45, 7) is 6.56. The van der Waals surface area contributed by atoms with Crippen LogP contribution in [0.4, 0.5) is 0 Å². The van der Waals surface area contributed by atoms with Gasteiger partial charge in [0, 0.05) is 18.3 Å². The Hall–Kier alpha value is -0.830. The van der Waals surface area contributed by atoms with Crippen LogP contribution in [0.5, 0.6) is 0 Å². The number of rotatable bonds is 7. The molecule has 3 nitrogen and oxygen atoms in total. The van der Waals surface area contributed by atoms with Crippen molar-refractivity contribution in [2.45, 2.75) is 65.0 Å². The van der Waals surface area contributed by atoms with Gasteiger partial charge in [0.05, 0.1) is 5.69 Å². The van der Waals surface area contributed by atoms with Crippen molar-refractivity contribution >= 4 is 0 Å². The van der Waals surface area contributed by atoms with E-state index in [1.807, 2.05) is 0 Å². The summed E-state index contributed by atoms with van der Waals surface area (Å²) in [6, 6.07) is 2.95. The maximum Gasteiger partial charge on any atom is 0.0625 e. The van der Waals surface area contributed by atoms with Crippen molar-refractivity contribution in [2.24, 2.45) is 5.73 Å². The molecule has 3 heteroatoms. The Labute approximate surface area is 99.0 Å². The van der Waals surface area contributed by atoms with Crippen molar-refractivity contribution in [3.05, 3.63) is 18.0 Å². The van der Waals surface area contributed by atoms with Gasteiger partial charge in [-0.2, -0.15) is 5.10 Å². The van der Waals surface area contributed by atoms with Crippen molar-refractivity contribution in [2.75, 3.05) is 0 Å². The maximum absolute atomic E-state index is 5.99. The minimum Gasteiger partial charge on any atom is -0.328 e. The molecule has 2 unspecified atom stereocenters. The van der Waals surface area contributed by atoms with Gasteiger partial charge in [0.15, 0.2) is 0 Å². The van der Waals surface area contributed by atoms with Crippen LogP contribution in [0.1, 0.15) is 58.2 Å². The average molecular weight is 223 g/mol. The Balaban J connectivity index is 2.40. The predicted molar refractivity (Wildman–Crippen MR) is 68.4 cm³/mol. The molecule has 0 saturated heterocycles.